The molecule has 0 spiro atoms. The summed E-state index contributed by atoms with van der Waals surface area (Å²) >= 11 is 2.74. The fourth-order valence-electron chi connectivity index (χ4n) is 1.38. The van der Waals surface area contributed by atoms with Crippen molar-refractivity contribution < 1.29 is 9.53 Å². The van der Waals surface area contributed by atoms with E-state index in [9.17, 15) is 4.79 Å². The largest absolute Gasteiger partial charge is 0.462 e. The van der Waals surface area contributed by atoms with Gasteiger partial charge in [-0.3, -0.25) is 0 Å². The number of nitrogens with zero attached hydrogens (tertiary/aromatic N) is 3. The van der Waals surface area contributed by atoms with Crippen LogP contribution in [0.3, 0.4) is 0 Å². The molecule has 2 rings (SSSR count). The van der Waals surface area contributed by atoms with E-state index < -0.39 is 5.97 Å². The first-order valence-corrected chi connectivity index (χ1v) is 7.95. The maximum Gasteiger partial charge on any atom is 0.342 e. The number of aromatic nitrogens is 3. The number of carbonyl (C=O) groups excluding carboxylic acids is 1. The molecule has 20 heavy (non-hydrogen) atoms. The van der Waals surface area contributed by atoms with E-state index >= 15 is 0 Å². The van der Waals surface area contributed by atoms with Crippen LogP contribution in [0.25, 0.3) is 0 Å². The molecule has 0 saturated carbocycles. The van der Waals surface area contributed by atoms with Crippen LogP contribution in [-0.4, -0.2) is 33.8 Å². The minimum absolute atomic E-state index is 0.316. The monoisotopic (exact) mass is 307 g/mol. The fraction of sp³-hybridized carbons (Fsp3) is 0.231. The van der Waals surface area contributed by atoms with E-state index in [4.69, 9.17) is 4.74 Å². The van der Waals surface area contributed by atoms with E-state index in [0.29, 0.717) is 22.4 Å². The predicted octanol–water partition coefficient (Wildman–Crippen LogP) is 2.92. The Kier molecular flexibility index (Phi) is 5.37. The molecule has 104 valence electrons. The van der Waals surface area contributed by atoms with Crippen LogP contribution in [0, 0.1) is 0 Å². The zero-order valence-electron chi connectivity index (χ0n) is 11.1. The molecule has 0 bridgehead atoms. The van der Waals surface area contributed by atoms with Crippen LogP contribution >= 0.6 is 23.5 Å². The highest BCUT2D eigenvalue weighted by Crippen LogP contribution is 2.28. The lowest BCUT2D eigenvalue weighted by Crippen LogP contribution is -2.08. The maximum atomic E-state index is 11.9. The lowest BCUT2D eigenvalue weighted by molar-refractivity contribution is 0.0520. The van der Waals surface area contributed by atoms with Crippen molar-refractivity contribution in [2.75, 3.05) is 12.9 Å². The number of hydrogen-bond acceptors (Lipinski definition) is 7. The van der Waals surface area contributed by atoms with E-state index in [1.165, 1.54) is 29.7 Å². The number of pyridine rings is 1. The zero-order valence-corrected chi connectivity index (χ0v) is 12.7. The minimum atomic E-state index is -0.418. The van der Waals surface area contributed by atoms with Gasteiger partial charge in [0.1, 0.15) is 15.6 Å². The molecule has 0 atom stereocenters. The normalized spacial score (nSPS) is 10.3. The summed E-state index contributed by atoms with van der Waals surface area (Å²) in [6.07, 6.45) is 5.08. The van der Waals surface area contributed by atoms with Crippen LogP contribution in [0.4, 0.5) is 0 Å². The summed E-state index contributed by atoms with van der Waals surface area (Å²) in [5, 5.41) is 1.93. The number of thioether (sulfide) groups is 1. The smallest absolute Gasteiger partial charge is 0.342 e. The van der Waals surface area contributed by atoms with Crippen molar-refractivity contribution >= 4 is 29.5 Å². The van der Waals surface area contributed by atoms with Gasteiger partial charge < -0.3 is 4.74 Å². The van der Waals surface area contributed by atoms with Gasteiger partial charge in [0, 0.05) is 12.4 Å². The first kappa shape index (κ1) is 14.8. The van der Waals surface area contributed by atoms with Crippen LogP contribution in [0.5, 0.6) is 0 Å². The Balaban J connectivity index is 2.34. The summed E-state index contributed by atoms with van der Waals surface area (Å²) in [4.78, 5) is 24.6. The molecule has 0 amide bonds. The highest BCUT2D eigenvalue weighted by Gasteiger charge is 2.17. The Morgan fingerprint density at radius 1 is 1.35 bits per heavy atom. The summed E-state index contributed by atoms with van der Waals surface area (Å²) in [5.41, 5.74) is 0.361. The topological polar surface area (TPSA) is 65.0 Å². The number of ether oxygens (including phenoxy) is 1. The van der Waals surface area contributed by atoms with Gasteiger partial charge in [0.25, 0.3) is 0 Å². The lowest BCUT2D eigenvalue weighted by atomic mass is 10.3. The van der Waals surface area contributed by atoms with Crippen LogP contribution in [-0.2, 0) is 4.74 Å². The molecule has 0 fully saturated rings. The van der Waals surface area contributed by atoms with E-state index in [2.05, 4.69) is 15.0 Å². The van der Waals surface area contributed by atoms with Gasteiger partial charge in [-0.15, -0.1) is 0 Å². The van der Waals surface area contributed by atoms with Gasteiger partial charge >= 0.3 is 5.97 Å². The van der Waals surface area contributed by atoms with Crippen molar-refractivity contribution in [1.82, 2.24) is 15.0 Å². The van der Waals surface area contributed by atoms with Gasteiger partial charge in [-0.2, -0.15) is 0 Å². The first-order chi connectivity index (χ1) is 9.74. The summed E-state index contributed by atoms with van der Waals surface area (Å²) in [5.74, 6) is -0.418. The second-order valence-corrected chi connectivity index (χ2v) is 5.35. The molecular weight excluding hydrogens is 294 g/mol. The Bertz CT molecular complexity index is 593. The molecule has 2 aromatic rings. The molecule has 0 aliphatic carbocycles. The molecular formula is C13H13N3O2S2. The molecule has 0 aliphatic heterocycles. The van der Waals surface area contributed by atoms with E-state index in [1.807, 2.05) is 24.5 Å². The third kappa shape index (κ3) is 3.71. The second kappa shape index (κ2) is 7.25. The van der Waals surface area contributed by atoms with Gasteiger partial charge in [0.15, 0.2) is 5.16 Å². The third-order valence-electron chi connectivity index (χ3n) is 2.25. The molecule has 5 nitrogen and oxygen atoms in total. The maximum absolute atomic E-state index is 11.9. The molecule has 0 saturated heterocycles. The van der Waals surface area contributed by atoms with Gasteiger partial charge in [0.2, 0.25) is 0 Å². The van der Waals surface area contributed by atoms with Gasteiger partial charge in [0.05, 0.1) is 6.61 Å². The number of rotatable bonds is 5. The summed E-state index contributed by atoms with van der Waals surface area (Å²) in [7, 11) is 0. The molecule has 0 radical (unpaired) electrons. The first-order valence-electron chi connectivity index (χ1n) is 5.91. The van der Waals surface area contributed by atoms with Crippen molar-refractivity contribution in [2.24, 2.45) is 0 Å². The van der Waals surface area contributed by atoms with Crippen LogP contribution in [0.1, 0.15) is 17.3 Å². The van der Waals surface area contributed by atoms with Crippen molar-refractivity contribution in [3.05, 3.63) is 36.2 Å². The lowest BCUT2D eigenvalue weighted by Gasteiger charge is -2.07. The highest BCUT2D eigenvalue weighted by molar-refractivity contribution is 7.99. The Hall–Kier alpha value is -1.60. The molecule has 0 aliphatic rings. The summed E-state index contributed by atoms with van der Waals surface area (Å²) < 4.78 is 5.02. The van der Waals surface area contributed by atoms with Gasteiger partial charge in [-0.1, -0.05) is 17.8 Å². The number of esters is 1. The van der Waals surface area contributed by atoms with Crippen molar-refractivity contribution in [2.45, 2.75) is 22.1 Å². The Morgan fingerprint density at radius 2 is 2.20 bits per heavy atom. The van der Waals surface area contributed by atoms with E-state index in [-0.39, 0.29) is 0 Å². The summed E-state index contributed by atoms with van der Waals surface area (Å²) in [6, 6.07) is 5.58. The van der Waals surface area contributed by atoms with Crippen molar-refractivity contribution in [3.63, 3.8) is 0 Å². The predicted molar refractivity (Wildman–Crippen MR) is 78.1 cm³/mol. The van der Waals surface area contributed by atoms with Gasteiger partial charge in [-0.05, 0) is 37.1 Å². The molecule has 2 aromatic heterocycles. The SMILES string of the molecule is CCOC(=O)c1cnc(SC)nc1Sc1ccccn1. The highest BCUT2D eigenvalue weighted by atomic mass is 32.2. The average molecular weight is 307 g/mol. The van der Waals surface area contributed by atoms with E-state index in [0.717, 1.165) is 5.03 Å². The third-order valence-corrected chi connectivity index (χ3v) is 3.77. The number of carbonyl (C=O) groups is 1. The molecule has 0 N–H and O–H groups in total. The second-order valence-electron chi connectivity index (χ2n) is 3.57. The minimum Gasteiger partial charge on any atom is -0.462 e. The van der Waals surface area contributed by atoms with Crippen LogP contribution in [0.15, 0.2) is 45.8 Å². The quantitative estimate of drug-likeness (QED) is 0.364. The van der Waals surface area contributed by atoms with Crippen molar-refractivity contribution in [1.29, 1.82) is 0 Å². The van der Waals surface area contributed by atoms with Gasteiger partial charge in [-0.25, -0.2) is 19.7 Å². The molecule has 7 heteroatoms. The number of hydrogen-bond donors (Lipinski definition) is 0. The average Bonchev–Trinajstić information content (AvgIpc) is 2.48. The Labute approximate surface area is 125 Å². The standard InChI is InChI=1S/C13H13N3O2S2/c1-3-18-12(17)9-8-15-13(19-2)16-11(9)20-10-6-4-5-7-14-10/h4-8H,3H2,1-2H3. The van der Waals surface area contributed by atoms with Crippen LogP contribution in [0.2, 0.25) is 0 Å². The molecule has 0 unspecified atom stereocenters. The fourth-order valence-corrected chi connectivity index (χ4v) is 2.62. The van der Waals surface area contributed by atoms with Crippen LogP contribution < -0.4 is 0 Å². The molecule has 0 aromatic carbocycles. The molecule has 2 heterocycles. The van der Waals surface area contributed by atoms with Crippen molar-refractivity contribution in [3.8, 4) is 0 Å². The summed E-state index contributed by atoms with van der Waals surface area (Å²) in [6.45, 7) is 2.08. The Morgan fingerprint density at radius 3 is 2.85 bits per heavy atom. The zero-order chi connectivity index (χ0) is 14.4. The van der Waals surface area contributed by atoms with E-state index in [1.54, 1.807) is 13.1 Å².